The van der Waals surface area contributed by atoms with E-state index in [9.17, 15) is 4.39 Å². The highest BCUT2D eigenvalue weighted by Crippen LogP contribution is 2.42. The van der Waals surface area contributed by atoms with E-state index in [2.05, 4.69) is 39.3 Å². The van der Waals surface area contributed by atoms with Gasteiger partial charge in [0, 0.05) is 35.3 Å². The van der Waals surface area contributed by atoms with Crippen LogP contribution < -0.4 is 21.3 Å². The minimum atomic E-state index is -2.40. The highest BCUT2D eigenvalue weighted by Gasteiger charge is 2.44. The van der Waals surface area contributed by atoms with E-state index in [-0.39, 0.29) is 12.3 Å². The number of hydrogen-bond acceptors (Lipinski definition) is 6. The molecule has 2 saturated heterocycles. The molecule has 0 aromatic heterocycles. The van der Waals surface area contributed by atoms with Gasteiger partial charge in [0.25, 0.3) is 0 Å². The maximum absolute atomic E-state index is 14.6. The fourth-order valence-electron chi connectivity index (χ4n) is 5.53. The van der Waals surface area contributed by atoms with Crippen LogP contribution in [-0.4, -0.2) is 75.4 Å². The Morgan fingerprint density at radius 1 is 1.36 bits per heavy atom. The number of nitrogens with zero attached hydrogens (tertiary/aromatic N) is 1. The topological polar surface area (TPSA) is 60.6 Å². The lowest BCUT2D eigenvalue weighted by atomic mass is 9.72. The lowest BCUT2D eigenvalue weighted by Crippen LogP contribution is -2.72. The smallest absolute Gasteiger partial charge is 0.143 e. The van der Waals surface area contributed by atoms with Crippen LogP contribution >= 0.6 is 0 Å². The van der Waals surface area contributed by atoms with E-state index in [4.69, 9.17) is 8.85 Å². The molecule has 0 spiro atoms. The molecule has 1 aliphatic carbocycles. The minimum absolute atomic E-state index is 0.261. The van der Waals surface area contributed by atoms with Gasteiger partial charge < -0.3 is 15.0 Å². The molecule has 0 aromatic carbocycles. The quantitative estimate of drug-likeness (QED) is 0.533. The molecular formula is C21H38FN5O. The molecule has 0 amide bonds. The van der Waals surface area contributed by atoms with Crippen LogP contribution in [-0.2, 0) is 4.74 Å². The lowest BCUT2D eigenvalue weighted by molar-refractivity contribution is 0.0147. The normalized spacial score (nSPS) is 47.4. The first kappa shape index (κ1) is 17.1. The largest absolute Gasteiger partial charge is 0.377 e. The van der Waals surface area contributed by atoms with Gasteiger partial charge >= 0.3 is 0 Å². The van der Waals surface area contributed by atoms with Crippen molar-refractivity contribution in [3.8, 4) is 0 Å². The Balaban J connectivity index is 1.43. The molecule has 7 heteroatoms. The predicted molar refractivity (Wildman–Crippen MR) is 110 cm³/mol. The van der Waals surface area contributed by atoms with Gasteiger partial charge in [-0.25, -0.2) is 4.39 Å². The summed E-state index contributed by atoms with van der Waals surface area (Å²) < 4.78 is 43.1. The second-order valence-corrected chi connectivity index (χ2v) is 9.09. The number of likely N-dealkylation sites (N-methyl/N-ethyl adjacent to an activating group) is 1. The third-order valence-electron chi connectivity index (χ3n) is 7.06. The molecule has 4 N–H and O–H groups in total. The fraction of sp³-hybridized carbons (Fsp3) is 0.905. The van der Waals surface area contributed by atoms with Crippen LogP contribution in [0.5, 0.6) is 0 Å². The summed E-state index contributed by atoms with van der Waals surface area (Å²) in [6, 6.07) is -0.197. The van der Waals surface area contributed by atoms with Crippen molar-refractivity contribution in [2.24, 2.45) is 11.8 Å². The number of hydrogen-bond donors (Lipinski definition) is 4. The van der Waals surface area contributed by atoms with Gasteiger partial charge in [0.15, 0.2) is 0 Å². The van der Waals surface area contributed by atoms with Gasteiger partial charge in [-0.1, -0.05) is 11.6 Å². The van der Waals surface area contributed by atoms with E-state index in [1.54, 1.807) is 6.92 Å². The number of alkyl halides is 1. The lowest BCUT2D eigenvalue weighted by Gasteiger charge is -2.44. The van der Waals surface area contributed by atoms with E-state index in [0.717, 1.165) is 45.4 Å². The van der Waals surface area contributed by atoms with E-state index >= 15 is 0 Å². The maximum Gasteiger partial charge on any atom is 0.143 e. The molecule has 0 aromatic rings. The van der Waals surface area contributed by atoms with E-state index < -0.39 is 25.4 Å². The van der Waals surface area contributed by atoms with Crippen LogP contribution in [0.3, 0.4) is 0 Å². The molecule has 3 aliphatic heterocycles. The summed E-state index contributed by atoms with van der Waals surface area (Å²) in [5, 5.41) is 12.4. The van der Waals surface area contributed by atoms with Gasteiger partial charge in [-0.3, -0.25) is 16.0 Å². The molecule has 3 fully saturated rings. The van der Waals surface area contributed by atoms with Crippen molar-refractivity contribution in [1.29, 1.82) is 0 Å². The average molecular weight is 399 g/mol. The molecule has 8 atom stereocenters. The summed E-state index contributed by atoms with van der Waals surface area (Å²) in [7, 11) is 2.17. The van der Waals surface area contributed by atoms with Gasteiger partial charge in [-0.15, -0.1) is 0 Å². The first-order chi connectivity index (χ1) is 14.7. The predicted octanol–water partition coefficient (Wildman–Crippen LogP) is 1.16. The summed E-state index contributed by atoms with van der Waals surface area (Å²) in [6.07, 6.45) is 5.51. The van der Waals surface area contributed by atoms with Gasteiger partial charge in [0.05, 0.1) is 12.3 Å². The highest BCUT2D eigenvalue weighted by atomic mass is 19.1. The Morgan fingerprint density at radius 3 is 3.11 bits per heavy atom. The number of rotatable bonds is 4. The maximum atomic E-state index is 14.6. The van der Waals surface area contributed by atoms with Crippen molar-refractivity contribution < 1.29 is 13.2 Å². The SMILES string of the molecule is [2H]C([2H])([2H])NC1NC(NC2CC3CCOC3C(C3=CCN(C)CCC3)C2)NC(C)C1F. The summed E-state index contributed by atoms with van der Waals surface area (Å²) in [5.74, 6) is 0.945. The zero-order valence-corrected chi connectivity index (χ0v) is 17.1. The Kier molecular flexibility index (Phi) is 5.55. The Bertz CT molecular complexity index is 651. The Morgan fingerprint density at radius 2 is 2.25 bits per heavy atom. The number of ether oxygens (including phenoxy) is 1. The van der Waals surface area contributed by atoms with Crippen LogP contribution in [0.2, 0.25) is 0 Å². The van der Waals surface area contributed by atoms with Crippen molar-refractivity contribution in [2.45, 2.75) is 75.8 Å². The number of halogens is 1. The van der Waals surface area contributed by atoms with Crippen LogP contribution in [0, 0.1) is 11.8 Å². The summed E-state index contributed by atoms with van der Waals surface area (Å²) in [6.45, 7) is 2.31. The molecule has 0 bridgehead atoms. The third-order valence-corrected chi connectivity index (χ3v) is 7.06. The Hall–Kier alpha value is -0.570. The van der Waals surface area contributed by atoms with Gasteiger partial charge in [-0.05, 0) is 65.5 Å². The monoisotopic (exact) mass is 398 g/mol. The van der Waals surface area contributed by atoms with Crippen molar-refractivity contribution in [1.82, 2.24) is 26.2 Å². The molecule has 28 heavy (non-hydrogen) atoms. The molecule has 4 rings (SSSR count). The van der Waals surface area contributed by atoms with Crippen LogP contribution in [0.25, 0.3) is 0 Å². The molecule has 160 valence electrons. The molecular weight excluding hydrogens is 357 g/mol. The van der Waals surface area contributed by atoms with Gasteiger partial charge in [0.2, 0.25) is 0 Å². The van der Waals surface area contributed by atoms with Crippen LogP contribution in [0.1, 0.15) is 43.1 Å². The van der Waals surface area contributed by atoms with E-state index in [0.29, 0.717) is 17.9 Å². The summed E-state index contributed by atoms with van der Waals surface area (Å²) >= 11 is 0. The zero-order chi connectivity index (χ0) is 22.2. The summed E-state index contributed by atoms with van der Waals surface area (Å²) in [5.41, 5.74) is 1.52. The van der Waals surface area contributed by atoms with E-state index in [1.807, 2.05) is 0 Å². The van der Waals surface area contributed by atoms with Crippen molar-refractivity contribution in [3.63, 3.8) is 0 Å². The average Bonchev–Trinajstić information content (AvgIpc) is 3.05. The molecule has 0 radical (unpaired) electrons. The number of nitrogens with one attached hydrogen (secondary N) is 4. The second-order valence-electron chi connectivity index (χ2n) is 9.09. The molecule has 1 saturated carbocycles. The minimum Gasteiger partial charge on any atom is -0.377 e. The first-order valence-corrected chi connectivity index (χ1v) is 10.9. The van der Waals surface area contributed by atoms with Crippen molar-refractivity contribution in [3.05, 3.63) is 11.6 Å². The molecule has 4 aliphatic rings. The molecule has 3 heterocycles. The standard InChI is InChI=1S/C21H38FN5O/c1-13-18(22)20(23-2)26-21(24-13)25-16-11-15-7-10-28-19(15)17(12-16)14-5-4-8-27(3)9-6-14/h6,13,15-21,23-26H,4-5,7-12H2,1-3H3/i2D3. The number of fused-ring (bicyclic) bond motifs is 1. The van der Waals surface area contributed by atoms with Crippen molar-refractivity contribution in [2.75, 3.05) is 33.7 Å². The van der Waals surface area contributed by atoms with Gasteiger partial charge in [-0.2, -0.15) is 0 Å². The van der Waals surface area contributed by atoms with E-state index in [1.165, 1.54) is 12.0 Å². The van der Waals surface area contributed by atoms with Crippen LogP contribution in [0.4, 0.5) is 4.39 Å². The Labute approximate surface area is 173 Å². The van der Waals surface area contributed by atoms with Crippen molar-refractivity contribution >= 4 is 0 Å². The fourth-order valence-corrected chi connectivity index (χ4v) is 5.53. The highest BCUT2D eigenvalue weighted by molar-refractivity contribution is 5.15. The van der Waals surface area contributed by atoms with Crippen LogP contribution in [0.15, 0.2) is 11.6 Å². The molecule has 6 nitrogen and oxygen atoms in total. The third kappa shape index (κ3) is 4.45. The first-order valence-electron chi connectivity index (χ1n) is 12.4. The van der Waals surface area contributed by atoms with Gasteiger partial charge in [0.1, 0.15) is 12.5 Å². The second kappa shape index (κ2) is 9.06. The summed E-state index contributed by atoms with van der Waals surface area (Å²) in [4.78, 5) is 2.36. The molecule has 8 unspecified atom stereocenters. The zero-order valence-electron chi connectivity index (χ0n) is 20.1.